The summed E-state index contributed by atoms with van der Waals surface area (Å²) < 4.78 is 18.4. The first-order chi connectivity index (χ1) is 12.5. The van der Waals surface area contributed by atoms with E-state index in [-0.39, 0.29) is 37.2 Å². The summed E-state index contributed by atoms with van der Waals surface area (Å²) in [5.41, 5.74) is 2.20. The Bertz CT molecular complexity index is 747. The largest absolute Gasteiger partial charge is 0.375 e. The summed E-state index contributed by atoms with van der Waals surface area (Å²) in [4.78, 5) is 25.6. The van der Waals surface area contributed by atoms with Gasteiger partial charge in [0.1, 0.15) is 12.4 Å². The van der Waals surface area contributed by atoms with E-state index in [9.17, 15) is 14.0 Å². The van der Waals surface area contributed by atoms with Crippen molar-refractivity contribution in [2.45, 2.75) is 19.9 Å². The van der Waals surface area contributed by atoms with Gasteiger partial charge in [0.05, 0.1) is 13.0 Å². The summed E-state index contributed by atoms with van der Waals surface area (Å²) in [6.45, 7) is 2.61. The number of nitrogens with zero attached hydrogens (tertiary/aromatic N) is 1. The highest BCUT2D eigenvalue weighted by atomic mass is 19.1. The molecule has 0 spiro atoms. The third-order valence-electron chi connectivity index (χ3n) is 3.79. The zero-order chi connectivity index (χ0) is 18.9. The molecule has 26 heavy (non-hydrogen) atoms. The molecule has 2 aromatic carbocycles. The number of likely N-dealkylation sites (N-methyl/N-ethyl adjacent to an activating group) is 1. The van der Waals surface area contributed by atoms with Crippen LogP contribution in [0.2, 0.25) is 0 Å². The molecule has 1 N–H and O–H groups in total. The van der Waals surface area contributed by atoms with Crippen LogP contribution in [0, 0.1) is 5.82 Å². The molecule has 0 aliphatic heterocycles. The highest BCUT2D eigenvalue weighted by Crippen LogP contribution is 2.19. The molecule has 0 aliphatic rings. The van der Waals surface area contributed by atoms with Gasteiger partial charge in [-0.2, -0.15) is 0 Å². The average Bonchev–Trinajstić information content (AvgIpc) is 2.61. The lowest BCUT2D eigenvalue weighted by molar-refractivity contribution is -0.122. The minimum absolute atomic E-state index is 0.0488. The molecule has 0 heterocycles. The van der Waals surface area contributed by atoms with E-state index in [2.05, 4.69) is 5.32 Å². The van der Waals surface area contributed by atoms with Crippen LogP contribution < -0.4 is 10.2 Å². The molecule has 2 amide bonds. The molecule has 0 unspecified atom stereocenters. The fourth-order valence-corrected chi connectivity index (χ4v) is 2.58. The molecule has 0 radical (unpaired) electrons. The lowest BCUT2D eigenvalue weighted by Gasteiger charge is -2.23. The fourth-order valence-electron chi connectivity index (χ4n) is 2.58. The molecular formula is C20H23FN2O3. The summed E-state index contributed by atoms with van der Waals surface area (Å²) in [7, 11) is 1.45. The second kappa shape index (κ2) is 9.68. The number of rotatable bonds is 8. The molecule has 0 fully saturated rings. The fraction of sp³-hybridized carbons (Fsp3) is 0.300. The molecule has 138 valence electrons. The predicted octanol–water partition coefficient (Wildman–Crippen LogP) is 2.68. The molecule has 0 saturated carbocycles. The van der Waals surface area contributed by atoms with Gasteiger partial charge in [0.2, 0.25) is 5.91 Å². The Hall–Kier alpha value is -2.73. The Labute approximate surface area is 152 Å². The summed E-state index contributed by atoms with van der Waals surface area (Å²) in [5, 5.41) is 2.75. The van der Waals surface area contributed by atoms with Crippen molar-refractivity contribution in [3.8, 4) is 0 Å². The lowest BCUT2D eigenvalue weighted by atomic mass is 10.1. The monoisotopic (exact) mass is 358 g/mol. The van der Waals surface area contributed by atoms with E-state index >= 15 is 0 Å². The number of nitrogens with one attached hydrogen (secondary N) is 1. The van der Waals surface area contributed by atoms with Crippen molar-refractivity contribution in [3.63, 3.8) is 0 Å². The van der Waals surface area contributed by atoms with Crippen LogP contribution in [0.1, 0.15) is 18.1 Å². The van der Waals surface area contributed by atoms with Gasteiger partial charge in [-0.05, 0) is 42.3 Å². The first-order valence-corrected chi connectivity index (χ1v) is 8.43. The number of halogens is 1. The van der Waals surface area contributed by atoms with Crippen LogP contribution in [-0.4, -0.2) is 32.1 Å². The van der Waals surface area contributed by atoms with Gasteiger partial charge in [-0.1, -0.05) is 24.3 Å². The minimum atomic E-state index is -0.348. The second-order valence-corrected chi connectivity index (χ2v) is 5.84. The number of methoxy groups -OCH3 is 1. The van der Waals surface area contributed by atoms with E-state index in [1.165, 1.54) is 24.1 Å². The maximum atomic E-state index is 13.4. The number of anilines is 1. The zero-order valence-electron chi connectivity index (χ0n) is 15.0. The zero-order valence-corrected chi connectivity index (χ0v) is 15.0. The summed E-state index contributed by atoms with van der Waals surface area (Å²) in [6.07, 6.45) is 0.282. The molecule has 2 aromatic rings. The Morgan fingerprint density at radius 1 is 1.12 bits per heavy atom. The van der Waals surface area contributed by atoms with Gasteiger partial charge in [0.25, 0.3) is 5.91 Å². The number of hydrogen-bond acceptors (Lipinski definition) is 3. The van der Waals surface area contributed by atoms with Crippen molar-refractivity contribution < 1.29 is 18.7 Å². The normalized spacial score (nSPS) is 10.4. The van der Waals surface area contributed by atoms with Crippen molar-refractivity contribution in [1.82, 2.24) is 5.32 Å². The molecule has 0 aliphatic carbocycles. The third kappa shape index (κ3) is 5.67. The standard InChI is InChI=1S/C20H23FN2O3/c1-3-22-19(24)12-15-7-9-18(10-8-15)23(20(25)14-26-2)13-16-5-4-6-17(21)11-16/h4-11H,3,12-14H2,1-2H3,(H,22,24). The van der Waals surface area contributed by atoms with Crippen molar-refractivity contribution in [3.05, 3.63) is 65.5 Å². The van der Waals surface area contributed by atoms with Gasteiger partial charge >= 0.3 is 0 Å². The lowest BCUT2D eigenvalue weighted by Crippen LogP contribution is -2.33. The topological polar surface area (TPSA) is 58.6 Å². The van der Waals surface area contributed by atoms with Gasteiger partial charge in [-0.3, -0.25) is 9.59 Å². The van der Waals surface area contributed by atoms with Gasteiger partial charge < -0.3 is 15.0 Å². The minimum Gasteiger partial charge on any atom is -0.375 e. The number of benzene rings is 2. The number of carbonyl (C=O) groups excluding carboxylic acids is 2. The SMILES string of the molecule is CCNC(=O)Cc1ccc(N(Cc2cccc(F)c2)C(=O)COC)cc1. The van der Waals surface area contributed by atoms with Crippen LogP contribution in [0.5, 0.6) is 0 Å². The molecule has 0 atom stereocenters. The van der Waals surface area contributed by atoms with Gasteiger partial charge in [0.15, 0.2) is 0 Å². The first kappa shape index (κ1) is 19.6. The first-order valence-electron chi connectivity index (χ1n) is 8.43. The third-order valence-corrected chi connectivity index (χ3v) is 3.79. The van der Waals surface area contributed by atoms with Crippen LogP contribution in [-0.2, 0) is 27.3 Å². The van der Waals surface area contributed by atoms with Crippen LogP contribution in [0.25, 0.3) is 0 Å². The molecule has 0 aromatic heterocycles. The van der Waals surface area contributed by atoms with Crippen molar-refractivity contribution in [1.29, 1.82) is 0 Å². The second-order valence-electron chi connectivity index (χ2n) is 5.84. The highest BCUT2D eigenvalue weighted by molar-refractivity contribution is 5.94. The van der Waals surface area contributed by atoms with Gasteiger partial charge in [-0.15, -0.1) is 0 Å². The Morgan fingerprint density at radius 2 is 1.85 bits per heavy atom. The Morgan fingerprint density at radius 3 is 2.46 bits per heavy atom. The van der Waals surface area contributed by atoms with E-state index in [1.807, 2.05) is 19.1 Å². The quantitative estimate of drug-likeness (QED) is 0.789. The average molecular weight is 358 g/mol. The highest BCUT2D eigenvalue weighted by Gasteiger charge is 2.16. The molecule has 2 rings (SSSR count). The number of carbonyl (C=O) groups is 2. The number of ether oxygens (including phenoxy) is 1. The molecule has 0 saturated heterocycles. The maximum absolute atomic E-state index is 13.4. The Kier molecular flexibility index (Phi) is 7.29. The Balaban J connectivity index is 2.19. The van der Waals surface area contributed by atoms with Crippen molar-refractivity contribution >= 4 is 17.5 Å². The van der Waals surface area contributed by atoms with Crippen LogP contribution in [0.15, 0.2) is 48.5 Å². The molecule has 6 heteroatoms. The molecule has 5 nitrogen and oxygen atoms in total. The summed E-state index contributed by atoms with van der Waals surface area (Å²) >= 11 is 0. The summed E-state index contributed by atoms with van der Waals surface area (Å²) in [5.74, 6) is -0.625. The van der Waals surface area contributed by atoms with Crippen LogP contribution >= 0.6 is 0 Å². The van der Waals surface area contributed by atoms with Crippen LogP contribution in [0.4, 0.5) is 10.1 Å². The molecular weight excluding hydrogens is 335 g/mol. The van der Waals surface area contributed by atoms with Crippen molar-refractivity contribution in [2.75, 3.05) is 25.2 Å². The van der Waals surface area contributed by atoms with E-state index in [0.29, 0.717) is 17.8 Å². The number of hydrogen-bond donors (Lipinski definition) is 1. The van der Waals surface area contributed by atoms with E-state index in [1.54, 1.807) is 24.3 Å². The van der Waals surface area contributed by atoms with E-state index in [0.717, 1.165) is 5.56 Å². The molecule has 0 bridgehead atoms. The van der Waals surface area contributed by atoms with E-state index < -0.39 is 0 Å². The smallest absolute Gasteiger partial charge is 0.253 e. The predicted molar refractivity (Wildman–Crippen MR) is 98.3 cm³/mol. The van der Waals surface area contributed by atoms with Crippen LogP contribution in [0.3, 0.4) is 0 Å². The van der Waals surface area contributed by atoms with Gasteiger partial charge in [0, 0.05) is 19.3 Å². The summed E-state index contributed by atoms with van der Waals surface area (Å²) in [6, 6.07) is 13.3. The number of amides is 2. The maximum Gasteiger partial charge on any atom is 0.253 e. The van der Waals surface area contributed by atoms with Gasteiger partial charge in [-0.25, -0.2) is 4.39 Å². The van der Waals surface area contributed by atoms with Crippen molar-refractivity contribution in [2.24, 2.45) is 0 Å². The van der Waals surface area contributed by atoms with E-state index in [4.69, 9.17) is 4.74 Å².